The van der Waals surface area contributed by atoms with Crippen LogP contribution in [-0.4, -0.2) is 10.5 Å². The molecule has 0 N–H and O–H groups in total. The molecule has 0 aliphatic rings. The van der Waals surface area contributed by atoms with Crippen molar-refractivity contribution in [3.05, 3.63) is 0 Å². The lowest BCUT2D eigenvalue weighted by atomic mass is 15.8. The molecule has 0 heterocycles. The molecule has 0 aromatic carbocycles. The Kier molecular flexibility index (Phi) is 3.50. The molecule has 4 heteroatoms. The van der Waals surface area contributed by atoms with Gasteiger partial charge in [0.15, 0.2) is 0 Å². The second-order valence-electron chi connectivity index (χ2n) is 0.287. The van der Waals surface area contributed by atoms with Crippen LogP contribution in [0, 0.1) is 0 Å². The fraction of sp³-hybridized carbons (Fsp3) is 0. The highest BCUT2D eigenvalue weighted by molar-refractivity contribution is 7.18. The average molecular weight is 95.1 g/mol. The summed E-state index contributed by atoms with van der Waals surface area (Å²) in [5, 5.41) is 0. The molecule has 0 radical (unpaired) electrons. The number of hydrogen-bond donors (Lipinski definition) is 0. The quantitative estimate of drug-likeness (QED) is 0.315. The van der Waals surface area contributed by atoms with Gasteiger partial charge in [0.2, 0.25) is 10.5 Å². The molecule has 2 nitrogen and oxygen atoms in total. The van der Waals surface area contributed by atoms with Gasteiger partial charge in [0.05, 0.1) is 0 Å². The molecule has 0 aliphatic carbocycles. The van der Waals surface area contributed by atoms with Crippen LogP contribution in [0.25, 0.3) is 0 Å². The molecular formula is H4O2PSi+. The summed E-state index contributed by atoms with van der Waals surface area (Å²) in [7, 11) is 0.0417. The van der Waals surface area contributed by atoms with E-state index in [2.05, 4.69) is 4.21 Å². The van der Waals surface area contributed by atoms with Crippen molar-refractivity contribution in [3.63, 3.8) is 0 Å². The summed E-state index contributed by atoms with van der Waals surface area (Å²) in [5.74, 6) is 0. The maximum Gasteiger partial charge on any atom is 0.481 e. The number of hydrogen-bond acceptors (Lipinski definition) is 2. The highest BCUT2D eigenvalue weighted by Crippen LogP contribution is 1.82. The molecular weight excluding hydrogens is 91.1 g/mol. The van der Waals surface area contributed by atoms with E-state index in [1.54, 1.807) is 0 Å². The van der Waals surface area contributed by atoms with Gasteiger partial charge in [-0.25, -0.2) is 4.21 Å². The molecule has 0 aromatic heterocycles. The van der Waals surface area contributed by atoms with Gasteiger partial charge in [-0.1, -0.05) is 0 Å². The molecule has 0 bridgehead atoms. The molecule has 1 unspecified atom stereocenters. The fourth-order valence-electron chi connectivity index (χ4n) is 0. The summed E-state index contributed by atoms with van der Waals surface area (Å²) >= 11 is 0. The summed E-state index contributed by atoms with van der Waals surface area (Å²) in [5.41, 5.74) is 0. The van der Waals surface area contributed by atoms with Crippen LogP contribution in [0.4, 0.5) is 0 Å². The van der Waals surface area contributed by atoms with Crippen LogP contribution in [0.5, 0.6) is 0 Å². The molecule has 1 atom stereocenters. The van der Waals surface area contributed by atoms with Crippen molar-refractivity contribution in [2.45, 2.75) is 0 Å². The highest BCUT2D eigenvalue weighted by Gasteiger charge is 1.64. The van der Waals surface area contributed by atoms with Gasteiger partial charge >= 0.3 is 8.69 Å². The minimum absolute atomic E-state index is 0.548. The second kappa shape index (κ2) is 3.28. The van der Waals surface area contributed by atoms with Crippen LogP contribution >= 0.6 is 8.69 Å². The van der Waals surface area contributed by atoms with Crippen molar-refractivity contribution in [1.82, 2.24) is 0 Å². The van der Waals surface area contributed by atoms with E-state index in [0.717, 1.165) is 0 Å². The smallest absolute Gasteiger partial charge is 0.215 e. The molecule has 0 saturated carbocycles. The zero-order chi connectivity index (χ0) is 3.41. The zero-order valence-electron chi connectivity index (χ0n) is 2.32. The van der Waals surface area contributed by atoms with Crippen LogP contribution in [0.1, 0.15) is 0 Å². The van der Waals surface area contributed by atoms with Crippen LogP contribution in [0.15, 0.2) is 0 Å². The van der Waals surface area contributed by atoms with E-state index in [9.17, 15) is 0 Å². The first kappa shape index (κ1) is 4.28. The molecule has 0 rings (SSSR count). The summed E-state index contributed by atoms with van der Waals surface area (Å²) in [6.45, 7) is 0. The lowest BCUT2D eigenvalue weighted by Crippen LogP contribution is -1.48. The van der Waals surface area contributed by atoms with Crippen LogP contribution < -0.4 is 0 Å². The van der Waals surface area contributed by atoms with Gasteiger partial charge in [-0.15, -0.1) is 0 Å². The van der Waals surface area contributed by atoms with Gasteiger partial charge in [-0.3, -0.25) is 0 Å². The average Bonchev–Trinajstić information content (AvgIpc) is 1.37. The first-order valence-corrected chi connectivity index (χ1v) is 2.45. The van der Waals surface area contributed by atoms with Crippen molar-refractivity contribution in [1.29, 1.82) is 0 Å². The van der Waals surface area contributed by atoms with Gasteiger partial charge in [-0.05, 0) is 4.57 Å². The van der Waals surface area contributed by atoms with Gasteiger partial charge in [0, 0.05) is 0 Å². The van der Waals surface area contributed by atoms with Crippen molar-refractivity contribution < 1.29 is 8.78 Å². The Bertz CT molecular complexity index is 20.0. The summed E-state index contributed by atoms with van der Waals surface area (Å²) in [4.78, 5) is 0. The van der Waals surface area contributed by atoms with Gasteiger partial charge in [0.1, 0.15) is 0 Å². The van der Waals surface area contributed by atoms with E-state index in [4.69, 9.17) is 4.57 Å². The summed E-state index contributed by atoms with van der Waals surface area (Å²) in [6, 6.07) is 0. The Labute approximate surface area is 29.0 Å². The van der Waals surface area contributed by atoms with Crippen LogP contribution in [-0.2, 0) is 8.78 Å². The van der Waals surface area contributed by atoms with E-state index in [0.29, 0.717) is 10.5 Å². The third kappa shape index (κ3) is 2.28. The third-order valence-electron chi connectivity index (χ3n) is 0.0833. The number of rotatable bonds is 1. The van der Waals surface area contributed by atoms with E-state index < -0.39 is 8.69 Å². The maximum absolute atomic E-state index is 9.14. The highest BCUT2D eigenvalue weighted by atomic mass is 31.1. The Morgan fingerprint density at radius 3 is 2.25 bits per heavy atom. The lowest BCUT2D eigenvalue weighted by Gasteiger charge is -1.45. The van der Waals surface area contributed by atoms with Crippen molar-refractivity contribution in [3.8, 4) is 0 Å². The maximum atomic E-state index is 9.14. The molecule has 0 spiro atoms. The minimum Gasteiger partial charge on any atom is -0.215 e. The predicted molar refractivity (Wildman–Crippen MR) is 20.0 cm³/mol. The lowest BCUT2D eigenvalue weighted by molar-refractivity contribution is 0.545. The molecule has 0 fully saturated rings. The molecule has 4 heavy (non-hydrogen) atoms. The molecule has 0 saturated heterocycles. The molecule has 0 aromatic rings. The Morgan fingerprint density at radius 2 is 2.25 bits per heavy atom. The summed E-state index contributed by atoms with van der Waals surface area (Å²) in [6.07, 6.45) is 0. The topological polar surface area (TPSA) is 26.3 Å². The van der Waals surface area contributed by atoms with Crippen LogP contribution in [0.2, 0.25) is 0 Å². The van der Waals surface area contributed by atoms with Crippen molar-refractivity contribution >= 4 is 19.2 Å². The Balaban J connectivity index is 2.30. The molecule has 0 amide bonds. The Morgan fingerprint density at radius 1 is 2.00 bits per heavy atom. The predicted octanol–water partition coefficient (Wildman–Crippen LogP) is -0.778. The fourth-order valence-corrected chi connectivity index (χ4v) is 0. The standard InChI is InChI=1S/H4O2PSi/c1-3-2-4/h3H,4H3/q+1. The van der Waals surface area contributed by atoms with Crippen LogP contribution in [0.3, 0.4) is 0 Å². The molecule has 0 aliphatic heterocycles. The largest absolute Gasteiger partial charge is 0.481 e. The van der Waals surface area contributed by atoms with Gasteiger partial charge in [0.25, 0.3) is 0 Å². The van der Waals surface area contributed by atoms with Gasteiger partial charge < -0.3 is 0 Å². The second-order valence-corrected chi connectivity index (χ2v) is 2.09. The van der Waals surface area contributed by atoms with E-state index in [1.165, 1.54) is 0 Å². The first-order chi connectivity index (χ1) is 1.91. The molecule has 24 valence electrons. The van der Waals surface area contributed by atoms with E-state index in [1.807, 2.05) is 0 Å². The van der Waals surface area contributed by atoms with Crippen molar-refractivity contribution in [2.24, 2.45) is 0 Å². The van der Waals surface area contributed by atoms with Gasteiger partial charge in [-0.2, -0.15) is 0 Å². The van der Waals surface area contributed by atoms with E-state index in [-0.39, 0.29) is 0 Å². The van der Waals surface area contributed by atoms with E-state index >= 15 is 0 Å². The Hall–Kier alpha value is 0.277. The summed E-state index contributed by atoms with van der Waals surface area (Å²) < 4.78 is 13.3. The monoisotopic (exact) mass is 95.0 g/mol. The van der Waals surface area contributed by atoms with Crippen molar-refractivity contribution in [2.75, 3.05) is 0 Å². The third-order valence-corrected chi connectivity index (χ3v) is 0.750. The SMILES string of the molecule is O=[PH+]O[SiH3]. The normalized spacial score (nSPS) is 9.00. The first-order valence-electron chi connectivity index (χ1n) is 0.816. The zero-order valence-corrected chi connectivity index (χ0v) is 5.32. The minimum atomic E-state index is -0.548.